The third-order valence-electron chi connectivity index (χ3n) is 6.28. The summed E-state index contributed by atoms with van der Waals surface area (Å²) >= 11 is 3.39. The van der Waals surface area contributed by atoms with E-state index in [0.717, 1.165) is 14.3 Å². The normalized spacial score (nSPS) is 12.1. The number of amides is 2. The number of carbonyl (C=O) groups excluding carboxylic acids is 2. The quantitative estimate of drug-likeness (QED) is 0.285. The van der Waals surface area contributed by atoms with Gasteiger partial charge in [-0.1, -0.05) is 85.2 Å². The Bertz CT molecular complexity index is 1320. The van der Waals surface area contributed by atoms with Gasteiger partial charge in [0.1, 0.15) is 12.6 Å². The van der Waals surface area contributed by atoms with Gasteiger partial charge < -0.3 is 10.2 Å². The van der Waals surface area contributed by atoms with E-state index in [1.54, 1.807) is 42.5 Å². The van der Waals surface area contributed by atoms with Crippen molar-refractivity contribution < 1.29 is 18.0 Å². The van der Waals surface area contributed by atoms with Crippen molar-refractivity contribution in [2.24, 2.45) is 5.92 Å². The fourth-order valence-electron chi connectivity index (χ4n) is 4.17. The Morgan fingerprint density at radius 2 is 1.49 bits per heavy atom. The van der Waals surface area contributed by atoms with Gasteiger partial charge in [0.25, 0.3) is 10.0 Å². The molecule has 208 valence electrons. The SMILES string of the molecule is CCC(C(=O)NCC(C)C)N(CCc1ccccc1)C(=O)CN(c1ccc(Br)cc1)S(=O)(=O)c1ccccc1. The summed E-state index contributed by atoms with van der Waals surface area (Å²) in [6, 6.07) is 23.8. The molecule has 1 atom stereocenters. The van der Waals surface area contributed by atoms with E-state index in [-0.39, 0.29) is 23.3 Å². The maximum Gasteiger partial charge on any atom is 0.264 e. The van der Waals surface area contributed by atoms with Gasteiger partial charge in [0.05, 0.1) is 10.6 Å². The van der Waals surface area contributed by atoms with Gasteiger partial charge in [-0.2, -0.15) is 0 Å². The highest BCUT2D eigenvalue weighted by Crippen LogP contribution is 2.26. The van der Waals surface area contributed by atoms with Crippen molar-refractivity contribution in [1.82, 2.24) is 10.2 Å². The number of benzene rings is 3. The molecular weight excluding hydrogens is 578 g/mol. The summed E-state index contributed by atoms with van der Waals surface area (Å²) in [5, 5.41) is 2.94. The molecule has 3 aromatic rings. The zero-order chi connectivity index (χ0) is 28.4. The first-order valence-corrected chi connectivity index (χ1v) is 15.3. The summed E-state index contributed by atoms with van der Waals surface area (Å²) < 4.78 is 29.4. The van der Waals surface area contributed by atoms with E-state index in [0.29, 0.717) is 25.1 Å². The fourth-order valence-corrected chi connectivity index (χ4v) is 5.87. The maximum absolute atomic E-state index is 14.0. The van der Waals surface area contributed by atoms with Crippen LogP contribution in [0.15, 0.2) is 94.3 Å². The molecule has 0 aliphatic rings. The molecule has 0 saturated heterocycles. The van der Waals surface area contributed by atoms with E-state index < -0.39 is 28.5 Å². The largest absolute Gasteiger partial charge is 0.354 e. The van der Waals surface area contributed by atoms with Gasteiger partial charge in [-0.05, 0) is 60.7 Å². The van der Waals surface area contributed by atoms with Crippen molar-refractivity contribution >= 4 is 43.5 Å². The molecule has 7 nitrogen and oxygen atoms in total. The average molecular weight is 615 g/mol. The molecule has 3 rings (SSSR count). The number of sulfonamides is 1. The van der Waals surface area contributed by atoms with Crippen molar-refractivity contribution in [1.29, 1.82) is 0 Å². The highest BCUT2D eigenvalue weighted by molar-refractivity contribution is 9.10. The van der Waals surface area contributed by atoms with Crippen molar-refractivity contribution in [2.45, 2.75) is 44.6 Å². The zero-order valence-electron chi connectivity index (χ0n) is 22.6. The van der Waals surface area contributed by atoms with Crippen LogP contribution in [0.5, 0.6) is 0 Å². The number of halogens is 1. The number of anilines is 1. The maximum atomic E-state index is 14.0. The Hall–Kier alpha value is -3.17. The number of rotatable bonds is 13. The fraction of sp³-hybridized carbons (Fsp3) is 0.333. The van der Waals surface area contributed by atoms with Crippen molar-refractivity contribution in [3.63, 3.8) is 0 Å². The Labute approximate surface area is 240 Å². The van der Waals surface area contributed by atoms with Crippen molar-refractivity contribution in [3.8, 4) is 0 Å². The summed E-state index contributed by atoms with van der Waals surface area (Å²) in [5.41, 5.74) is 1.38. The lowest BCUT2D eigenvalue weighted by atomic mass is 10.1. The molecule has 0 radical (unpaired) electrons. The number of nitrogens with zero attached hydrogens (tertiary/aromatic N) is 2. The molecule has 9 heteroatoms. The van der Waals surface area contributed by atoms with Gasteiger partial charge in [0.2, 0.25) is 11.8 Å². The van der Waals surface area contributed by atoms with Crippen LogP contribution in [0.2, 0.25) is 0 Å². The third-order valence-corrected chi connectivity index (χ3v) is 8.60. The van der Waals surface area contributed by atoms with Crippen LogP contribution in [-0.4, -0.2) is 50.8 Å². The summed E-state index contributed by atoms with van der Waals surface area (Å²) in [6.45, 7) is 6.19. The zero-order valence-corrected chi connectivity index (χ0v) is 25.0. The first-order valence-electron chi connectivity index (χ1n) is 13.1. The molecule has 0 aliphatic heterocycles. The summed E-state index contributed by atoms with van der Waals surface area (Å²) in [5.74, 6) is -0.433. The highest BCUT2D eigenvalue weighted by atomic mass is 79.9. The minimum absolute atomic E-state index is 0.0817. The van der Waals surface area contributed by atoms with Crippen LogP contribution in [-0.2, 0) is 26.0 Å². The Kier molecular flexibility index (Phi) is 11.1. The minimum atomic E-state index is -4.07. The van der Waals surface area contributed by atoms with Gasteiger partial charge in [-0.15, -0.1) is 0 Å². The monoisotopic (exact) mass is 613 g/mol. The van der Waals surface area contributed by atoms with E-state index in [2.05, 4.69) is 21.2 Å². The first-order chi connectivity index (χ1) is 18.6. The first kappa shape index (κ1) is 30.4. The molecule has 0 aliphatic carbocycles. The van der Waals surface area contributed by atoms with E-state index in [1.165, 1.54) is 17.0 Å². The molecule has 0 spiro atoms. The molecule has 39 heavy (non-hydrogen) atoms. The number of nitrogens with one attached hydrogen (secondary N) is 1. The van der Waals surface area contributed by atoms with E-state index in [1.807, 2.05) is 51.1 Å². The molecule has 0 bridgehead atoms. The summed E-state index contributed by atoms with van der Waals surface area (Å²) in [4.78, 5) is 28.8. The summed E-state index contributed by atoms with van der Waals surface area (Å²) in [7, 11) is -4.07. The molecule has 0 saturated carbocycles. The number of hydrogen-bond acceptors (Lipinski definition) is 4. The molecule has 2 amide bonds. The molecule has 0 heterocycles. The minimum Gasteiger partial charge on any atom is -0.354 e. The predicted octanol–water partition coefficient (Wildman–Crippen LogP) is 5.27. The third kappa shape index (κ3) is 8.41. The highest BCUT2D eigenvalue weighted by Gasteiger charge is 2.33. The van der Waals surface area contributed by atoms with Crippen LogP contribution in [0.25, 0.3) is 0 Å². The van der Waals surface area contributed by atoms with Gasteiger partial charge in [-0.25, -0.2) is 8.42 Å². The van der Waals surface area contributed by atoms with E-state index >= 15 is 0 Å². The molecule has 1 N–H and O–H groups in total. The molecule has 1 unspecified atom stereocenters. The second-order valence-corrected chi connectivity index (χ2v) is 12.5. The molecular formula is C30H36BrN3O4S. The lowest BCUT2D eigenvalue weighted by molar-refractivity contribution is -0.139. The lowest BCUT2D eigenvalue weighted by Crippen LogP contribution is -2.53. The van der Waals surface area contributed by atoms with Crippen molar-refractivity contribution in [2.75, 3.05) is 23.9 Å². The predicted molar refractivity (Wildman–Crippen MR) is 159 cm³/mol. The van der Waals surface area contributed by atoms with Gasteiger partial charge >= 0.3 is 0 Å². The van der Waals surface area contributed by atoms with Crippen molar-refractivity contribution in [3.05, 3.63) is 95.0 Å². The van der Waals surface area contributed by atoms with Gasteiger partial charge in [-0.3, -0.25) is 13.9 Å². The van der Waals surface area contributed by atoms with Crippen LogP contribution in [0, 0.1) is 5.92 Å². The Morgan fingerprint density at radius 1 is 0.897 bits per heavy atom. The smallest absolute Gasteiger partial charge is 0.264 e. The van der Waals surface area contributed by atoms with Gasteiger partial charge in [0, 0.05) is 17.6 Å². The Morgan fingerprint density at radius 3 is 2.05 bits per heavy atom. The van der Waals surface area contributed by atoms with Crippen LogP contribution in [0.3, 0.4) is 0 Å². The second-order valence-electron chi connectivity index (χ2n) is 9.69. The standard InChI is InChI=1S/C30H36BrN3O4S/c1-4-28(30(36)32-21-23(2)3)33(20-19-24-11-7-5-8-12-24)29(35)22-34(26-17-15-25(31)16-18-26)39(37,38)27-13-9-6-10-14-27/h5-18,23,28H,4,19-22H2,1-3H3,(H,32,36). The molecule has 0 fully saturated rings. The Balaban J connectivity index is 1.97. The van der Waals surface area contributed by atoms with E-state index in [9.17, 15) is 18.0 Å². The van der Waals surface area contributed by atoms with E-state index in [4.69, 9.17) is 0 Å². The number of carbonyl (C=O) groups is 2. The van der Waals surface area contributed by atoms with Crippen LogP contribution < -0.4 is 9.62 Å². The molecule has 0 aromatic heterocycles. The van der Waals surface area contributed by atoms with Crippen LogP contribution in [0.1, 0.15) is 32.8 Å². The van der Waals surface area contributed by atoms with Gasteiger partial charge in [0.15, 0.2) is 0 Å². The number of hydrogen-bond donors (Lipinski definition) is 1. The summed E-state index contributed by atoms with van der Waals surface area (Å²) in [6.07, 6.45) is 0.929. The second kappa shape index (κ2) is 14.3. The van der Waals surface area contributed by atoms with Crippen LogP contribution >= 0.6 is 15.9 Å². The lowest BCUT2D eigenvalue weighted by Gasteiger charge is -2.33. The average Bonchev–Trinajstić information content (AvgIpc) is 2.94. The molecule has 3 aromatic carbocycles. The van der Waals surface area contributed by atoms with Crippen LogP contribution in [0.4, 0.5) is 5.69 Å². The topological polar surface area (TPSA) is 86.8 Å².